The lowest BCUT2D eigenvalue weighted by atomic mass is 10.1. The number of nitrogens with one attached hydrogen (secondary N) is 1. The van der Waals surface area contributed by atoms with Gasteiger partial charge in [-0.1, -0.05) is 53.1 Å². The highest BCUT2D eigenvalue weighted by Gasteiger charge is 2.22. The molecule has 1 aromatic carbocycles. The van der Waals surface area contributed by atoms with E-state index in [1.807, 2.05) is 24.5 Å². The van der Waals surface area contributed by atoms with Crippen molar-refractivity contribution in [3.63, 3.8) is 0 Å². The quantitative estimate of drug-likeness (QED) is 0.805. The monoisotopic (exact) mass is 353 g/mol. The van der Waals surface area contributed by atoms with Crippen LogP contribution in [0.5, 0.6) is 5.75 Å². The highest BCUT2D eigenvalue weighted by molar-refractivity contribution is 8.03. The van der Waals surface area contributed by atoms with Crippen LogP contribution in [0.15, 0.2) is 32.9 Å². The molecule has 116 valence electrons. The van der Waals surface area contributed by atoms with E-state index in [2.05, 4.69) is 21.6 Å². The second-order valence-corrected chi connectivity index (χ2v) is 7.94. The molecule has 1 aliphatic rings. The first-order valence-corrected chi connectivity index (χ1v) is 9.79. The van der Waals surface area contributed by atoms with Crippen LogP contribution in [0, 0.1) is 0 Å². The number of hydrogen-bond donors (Lipinski definition) is 1. The smallest absolute Gasteiger partial charge is 0.230 e. The largest absolute Gasteiger partial charge is 0.488 e. The SMILES string of the molecule is CSc1nnc(SCC(=O)NCC2Cc3ccccc3O2)s1. The van der Waals surface area contributed by atoms with Gasteiger partial charge in [0.05, 0.1) is 12.3 Å². The molecule has 1 N–H and O–H groups in total. The van der Waals surface area contributed by atoms with Crippen LogP contribution in [0.4, 0.5) is 0 Å². The van der Waals surface area contributed by atoms with Crippen molar-refractivity contribution in [2.75, 3.05) is 18.6 Å². The molecule has 2 heterocycles. The summed E-state index contributed by atoms with van der Waals surface area (Å²) in [4.78, 5) is 11.9. The van der Waals surface area contributed by atoms with Crippen molar-refractivity contribution >= 4 is 40.8 Å². The molecule has 0 bridgehead atoms. The number of fused-ring (bicyclic) bond motifs is 1. The topological polar surface area (TPSA) is 64.1 Å². The minimum atomic E-state index is -0.00884. The first-order chi connectivity index (χ1) is 10.7. The molecule has 0 aliphatic carbocycles. The molecule has 1 aliphatic heterocycles. The Labute approximate surface area is 141 Å². The van der Waals surface area contributed by atoms with Crippen molar-refractivity contribution in [2.45, 2.75) is 21.2 Å². The standard InChI is InChI=1S/C14H15N3O2S3/c1-20-13-16-17-14(22-13)21-8-12(18)15-7-10-6-9-4-2-3-5-11(9)19-10/h2-5,10H,6-8H2,1H3,(H,15,18). The molecule has 1 unspecified atom stereocenters. The van der Waals surface area contributed by atoms with Crippen LogP contribution in [-0.2, 0) is 11.2 Å². The Hall–Kier alpha value is -1.25. The number of hydrogen-bond acceptors (Lipinski definition) is 7. The first kappa shape index (κ1) is 15.6. The number of para-hydroxylation sites is 1. The van der Waals surface area contributed by atoms with Gasteiger partial charge in [-0.15, -0.1) is 10.2 Å². The Morgan fingerprint density at radius 1 is 1.41 bits per heavy atom. The molecule has 0 spiro atoms. The van der Waals surface area contributed by atoms with Crippen LogP contribution in [0.2, 0.25) is 0 Å². The van der Waals surface area contributed by atoms with Crippen molar-refractivity contribution < 1.29 is 9.53 Å². The lowest BCUT2D eigenvalue weighted by Crippen LogP contribution is -2.35. The number of rotatable bonds is 6. The maximum atomic E-state index is 11.9. The van der Waals surface area contributed by atoms with Crippen LogP contribution in [0.1, 0.15) is 5.56 Å². The molecule has 1 aromatic heterocycles. The molecule has 3 rings (SSSR count). The Morgan fingerprint density at radius 3 is 3.00 bits per heavy atom. The second kappa shape index (κ2) is 7.34. The summed E-state index contributed by atoms with van der Waals surface area (Å²) in [5, 5.41) is 11.0. The van der Waals surface area contributed by atoms with Crippen molar-refractivity contribution in [1.29, 1.82) is 0 Å². The minimum absolute atomic E-state index is 0.00884. The number of thioether (sulfide) groups is 2. The Morgan fingerprint density at radius 2 is 2.23 bits per heavy atom. The molecule has 1 atom stereocenters. The van der Waals surface area contributed by atoms with Crippen molar-refractivity contribution in [3.05, 3.63) is 29.8 Å². The van der Waals surface area contributed by atoms with E-state index >= 15 is 0 Å². The van der Waals surface area contributed by atoms with Gasteiger partial charge in [-0.05, 0) is 17.9 Å². The van der Waals surface area contributed by atoms with Crippen molar-refractivity contribution in [1.82, 2.24) is 15.5 Å². The predicted molar refractivity (Wildman–Crippen MR) is 90.0 cm³/mol. The number of ether oxygens (including phenoxy) is 1. The third-order valence-electron chi connectivity index (χ3n) is 3.13. The van der Waals surface area contributed by atoms with E-state index in [0.717, 1.165) is 20.8 Å². The highest BCUT2D eigenvalue weighted by atomic mass is 32.2. The van der Waals surface area contributed by atoms with Crippen molar-refractivity contribution in [2.24, 2.45) is 0 Å². The summed E-state index contributed by atoms with van der Waals surface area (Å²) in [5.74, 6) is 1.27. The molecule has 0 fully saturated rings. The number of carbonyl (C=O) groups excluding carboxylic acids is 1. The van der Waals surface area contributed by atoms with Crippen LogP contribution in [0.25, 0.3) is 0 Å². The fourth-order valence-electron chi connectivity index (χ4n) is 2.11. The number of carbonyl (C=O) groups is 1. The first-order valence-electron chi connectivity index (χ1n) is 6.76. The second-order valence-electron chi connectivity index (χ2n) is 4.68. The number of amides is 1. The van der Waals surface area contributed by atoms with Gasteiger partial charge in [0, 0.05) is 6.42 Å². The average Bonchev–Trinajstić information content (AvgIpc) is 3.16. The van der Waals surface area contributed by atoms with Gasteiger partial charge in [0.1, 0.15) is 11.9 Å². The lowest BCUT2D eigenvalue weighted by Gasteiger charge is -2.11. The normalized spacial score (nSPS) is 16.1. The van der Waals surface area contributed by atoms with E-state index < -0.39 is 0 Å². The van der Waals surface area contributed by atoms with Gasteiger partial charge in [0.2, 0.25) is 5.91 Å². The summed E-state index contributed by atoms with van der Waals surface area (Å²) in [6.07, 6.45) is 2.83. The average molecular weight is 353 g/mol. The molecule has 0 saturated heterocycles. The zero-order valence-corrected chi connectivity index (χ0v) is 14.4. The molecule has 8 heteroatoms. The van der Waals surface area contributed by atoms with Crippen LogP contribution < -0.4 is 10.1 Å². The summed E-state index contributed by atoms with van der Waals surface area (Å²) >= 11 is 4.48. The van der Waals surface area contributed by atoms with E-state index in [4.69, 9.17) is 4.74 Å². The lowest BCUT2D eigenvalue weighted by molar-refractivity contribution is -0.118. The summed E-state index contributed by atoms with van der Waals surface area (Å²) in [6, 6.07) is 7.99. The third kappa shape index (κ3) is 3.93. The fourth-order valence-corrected chi connectivity index (χ4v) is 4.38. The van der Waals surface area contributed by atoms with Gasteiger partial charge in [-0.25, -0.2) is 0 Å². The van der Waals surface area contributed by atoms with Gasteiger partial charge >= 0.3 is 0 Å². The van der Waals surface area contributed by atoms with E-state index in [1.165, 1.54) is 28.7 Å². The Kier molecular flexibility index (Phi) is 5.22. The molecule has 2 aromatic rings. The summed E-state index contributed by atoms with van der Waals surface area (Å²) in [6.45, 7) is 0.528. The minimum Gasteiger partial charge on any atom is -0.488 e. The van der Waals surface area contributed by atoms with Gasteiger partial charge in [-0.2, -0.15) is 0 Å². The zero-order valence-electron chi connectivity index (χ0n) is 11.9. The van der Waals surface area contributed by atoms with Gasteiger partial charge < -0.3 is 10.1 Å². The highest BCUT2D eigenvalue weighted by Crippen LogP contribution is 2.28. The van der Waals surface area contributed by atoms with E-state index in [-0.39, 0.29) is 12.0 Å². The summed E-state index contributed by atoms with van der Waals surface area (Å²) in [5.41, 5.74) is 1.20. The van der Waals surface area contributed by atoms with E-state index in [0.29, 0.717) is 12.3 Å². The van der Waals surface area contributed by atoms with Gasteiger partial charge in [0.15, 0.2) is 8.68 Å². The van der Waals surface area contributed by atoms with E-state index in [1.54, 1.807) is 11.8 Å². The number of benzene rings is 1. The number of nitrogens with zero attached hydrogens (tertiary/aromatic N) is 2. The molecule has 0 radical (unpaired) electrons. The van der Waals surface area contributed by atoms with Gasteiger partial charge in [0.25, 0.3) is 0 Å². The van der Waals surface area contributed by atoms with E-state index in [9.17, 15) is 4.79 Å². The number of aromatic nitrogens is 2. The van der Waals surface area contributed by atoms with Crippen molar-refractivity contribution in [3.8, 4) is 5.75 Å². The molecule has 0 saturated carbocycles. The summed E-state index contributed by atoms with van der Waals surface area (Å²) < 4.78 is 7.53. The molecular weight excluding hydrogens is 338 g/mol. The van der Waals surface area contributed by atoms with Crippen LogP contribution in [-0.4, -0.2) is 40.8 Å². The molecular formula is C14H15N3O2S3. The van der Waals surface area contributed by atoms with Crippen LogP contribution in [0.3, 0.4) is 0 Å². The predicted octanol–water partition coefficient (Wildman–Crippen LogP) is 2.47. The Bertz CT molecular complexity index is 637. The van der Waals surface area contributed by atoms with Gasteiger partial charge in [-0.3, -0.25) is 4.79 Å². The fraction of sp³-hybridized carbons (Fsp3) is 0.357. The van der Waals surface area contributed by atoms with Crippen LogP contribution >= 0.6 is 34.9 Å². The summed E-state index contributed by atoms with van der Waals surface area (Å²) in [7, 11) is 0. The molecule has 1 amide bonds. The third-order valence-corrected chi connectivity index (χ3v) is 6.16. The molecule has 22 heavy (non-hydrogen) atoms. The maximum absolute atomic E-state index is 11.9. The zero-order chi connectivity index (χ0) is 15.4. The molecule has 5 nitrogen and oxygen atoms in total. The maximum Gasteiger partial charge on any atom is 0.230 e. The Balaban J connectivity index is 1.40.